The number of carbonyl (C=O) groups excluding carboxylic acids is 1. The summed E-state index contributed by atoms with van der Waals surface area (Å²) in [5, 5.41) is 3.39. The van der Waals surface area contributed by atoms with Gasteiger partial charge in [0.15, 0.2) is 0 Å². The Morgan fingerprint density at radius 1 is 1.19 bits per heavy atom. The summed E-state index contributed by atoms with van der Waals surface area (Å²) in [6, 6.07) is 7.94. The summed E-state index contributed by atoms with van der Waals surface area (Å²) in [7, 11) is 1.64. The van der Waals surface area contributed by atoms with Crippen molar-refractivity contribution in [1.82, 2.24) is 10.2 Å². The predicted molar refractivity (Wildman–Crippen MR) is 82.6 cm³/mol. The monoisotopic (exact) mass is 288 g/mol. The Hall–Kier alpha value is -1.55. The fourth-order valence-electron chi connectivity index (χ4n) is 3.03. The van der Waals surface area contributed by atoms with Crippen LogP contribution >= 0.6 is 0 Å². The molecule has 1 aromatic rings. The van der Waals surface area contributed by atoms with E-state index in [2.05, 4.69) is 10.2 Å². The third-order valence-electron chi connectivity index (χ3n) is 4.50. The van der Waals surface area contributed by atoms with E-state index < -0.39 is 0 Å². The van der Waals surface area contributed by atoms with Gasteiger partial charge in [-0.3, -0.25) is 4.79 Å². The van der Waals surface area contributed by atoms with Crippen LogP contribution in [0.4, 0.5) is 0 Å². The lowest BCUT2D eigenvalue weighted by atomic mass is 9.97. The van der Waals surface area contributed by atoms with Crippen LogP contribution in [0.1, 0.15) is 36.0 Å². The van der Waals surface area contributed by atoms with Gasteiger partial charge in [-0.25, -0.2) is 0 Å². The molecule has 0 bridgehead atoms. The van der Waals surface area contributed by atoms with Crippen molar-refractivity contribution in [2.24, 2.45) is 5.92 Å². The van der Waals surface area contributed by atoms with Crippen LogP contribution in [0.5, 0.6) is 5.75 Å². The number of hydrogen-bond acceptors (Lipinski definition) is 3. The molecule has 114 valence electrons. The maximum Gasteiger partial charge on any atom is 0.254 e. The molecule has 3 rings (SSSR count). The second kappa shape index (κ2) is 6.48. The first-order valence-electron chi connectivity index (χ1n) is 7.93. The van der Waals surface area contributed by atoms with Gasteiger partial charge in [0.25, 0.3) is 5.91 Å². The zero-order chi connectivity index (χ0) is 14.7. The summed E-state index contributed by atoms with van der Waals surface area (Å²) in [4.78, 5) is 14.9. The van der Waals surface area contributed by atoms with Crippen molar-refractivity contribution in [3.05, 3.63) is 29.8 Å². The Labute approximate surface area is 126 Å². The van der Waals surface area contributed by atoms with Crippen LogP contribution in [0, 0.1) is 5.92 Å². The van der Waals surface area contributed by atoms with E-state index in [0.717, 1.165) is 43.8 Å². The van der Waals surface area contributed by atoms with Gasteiger partial charge in [-0.1, -0.05) is 0 Å². The summed E-state index contributed by atoms with van der Waals surface area (Å²) in [6.45, 7) is 3.08. The topological polar surface area (TPSA) is 41.6 Å². The third kappa shape index (κ3) is 3.56. The number of nitrogens with one attached hydrogen (secondary N) is 1. The summed E-state index contributed by atoms with van der Waals surface area (Å²) >= 11 is 0. The molecular weight excluding hydrogens is 264 g/mol. The predicted octanol–water partition coefficient (Wildman–Crippen LogP) is 2.30. The van der Waals surface area contributed by atoms with Gasteiger partial charge >= 0.3 is 0 Å². The van der Waals surface area contributed by atoms with Crippen molar-refractivity contribution in [3.8, 4) is 5.75 Å². The van der Waals surface area contributed by atoms with Crippen LogP contribution < -0.4 is 10.1 Å². The van der Waals surface area contributed by atoms with Crippen LogP contribution in [0.25, 0.3) is 0 Å². The number of piperidine rings is 1. The fourth-order valence-corrected chi connectivity index (χ4v) is 3.03. The first kappa shape index (κ1) is 14.4. The van der Waals surface area contributed by atoms with Crippen molar-refractivity contribution in [3.63, 3.8) is 0 Å². The van der Waals surface area contributed by atoms with Gasteiger partial charge in [0.05, 0.1) is 7.11 Å². The number of amides is 1. The van der Waals surface area contributed by atoms with E-state index in [1.54, 1.807) is 7.11 Å². The summed E-state index contributed by atoms with van der Waals surface area (Å²) in [5.41, 5.74) is 0.775. The quantitative estimate of drug-likeness (QED) is 0.904. The normalized spacial score (nSPS) is 19.3. The zero-order valence-corrected chi connectivity index (χ0v) is 12.7. The molecule has 0 spiro atoms. The van der Waals surface area contributed by atoms with Crippen LogP contribution in [0.15, 0.2) is 24.3 Å². The Kier molecular flexibility index (Phi) is 4.44. The SMILES string of the molecule is COc1ccc(C(=O)N(CC2CCNCC2)C2CC2)cc1. The molecule has 21 heavy (non-hydrogen) atoms. The first-order chi connectivity index (χ1) is 10.3. The average molecular weight is 288 g/mol. The van der Waals surface area contributed by atoms with E-state index in [4.69, 9.17) is 4.74 Å². The summed E-state index contributed by atoms with van der Waals surface area (Å²) in [5.74, 6) is 1.62. The molecule has 0 radical (unpaired) electrons. The number of benzene rings is 1. The van der Waals surface area contributed by atoms with E-state index in [0.29, 0.717) is 12.0 Å². The molecule has 2 aliphatic rings. The molecule has 4 nitrogen and oxygen atoms in total. The highest BCUT2D eigenvalue weighted by molar-refractivity contribution is 5.94. The molecule has 1 aromatic carbocycles. The molecule has 2 fully saturated rings. The third-order valence-corrected chi connectivity index (χ3v) is 4.50. The fraction of sp³-hybridized carbons (Fsp3) is 0.588. The minimum Gasteiger partial charge on any atom is -0.497 e. The molecule has 1 aliphatic heterocycles. The number of nitrogens with zero attached hydrogens (tertiary/aromatic N) is 1. The molecule has 0 unspecified atom stereocenters. The Morgan fingerprint density at radius 2 is 1.86 bits per heavy atom. The van der Waals surface area contributed by atoms with Crippen LogP contribution in [0.2, 0.25) is 0 Å². The number of methoxy groups -OCH3 is 1. The minimum absolute atomic E-state index is 0.179. The lowest BCUT2D eigenvalue weighted by molar-refractivity contribution is 0.0701. The van der Waals surface area contributed by atoms with Crippen molar-refractivity contribution in [1.29, 1.82) is 0 Å². The van der Waals surface area contributed by atoms with Gasteiger partial charge in [0.1, 0.15) is 5.75 Å². The Balaban J connectivity index is 1.68. The molecule has 1 amide bonds. The summed E-state index contributed by atoms with van der Waals surface area (Å²) < 4.78 is 5.16. The molecule has 1 heterocycles. The van der Waals surface area contributed by atoms with Crippen LogP contribution in [0.3, 0.4) is 0 Å². The highest BCUT2D eigenvalue weighted by Gasteiger charge is 2.34. The maximum absolute atomic E-state index is 12.8. The van der Waals surface area contributed by atoms with Gasteiger partial charge < -0.3 is 15.0 Å². The van der Waals surface area contributed by atoms with Gasteiger partial charge in [-0.2, -0.15) is 0 Å². The lowest BCUT2D eigenvalue weighted by Crippen LogP contribution is -2.40. The Bertz CT molecular complexity index is 476. The Morgan fingerprint density at radius 3 is 2.43 bits per heavy atom. The van der Waals surface area contributed by atoms with Crippen molar-refractivity contribution in [2.75, 3.05) is 26.7 Å². The maximum atomic E-state index is 12.8. The largest absolute Gasteiger partial charge is 0.497 e. The smallest absolute Gasteiger partial charge is 0.254 e. The van der Waals surface area contributed by atoms with E-state index in [-0.39, 0.29) is 5.91 Å². The van der Waals surface area contributed by atoms with Crippen molar-refractivity contribution < 1.29 is 9.53 Å². The number of ether oxygens (including phenoxy) is 1. The number of rotatable bonds is 5. The first-order valence-corrected chi connectivity index (χ1v) is 7.93. The minimum atomic E-state index is 0.179. The molecular formula is C17H24N2O2. The summed E-state index contributed by atoms with van der Waals surface area (Å²) in [6.07, 6.45) is 4.68. The highest BCUT2D eigenvalue weighted by atomic mass is 16.5. The zero-order valence-electron chi connectivity index (χ0n) is 12.7. The van der Waals surface area contributed by atoms with E-state index in [9.17, 15) is 4.79 Å². The molecule has 1 saturated heterocycles. The van der Waals surface area contributed by atoms with E-state index in [1.807, 2.05) is 24.3 Å². The lowest BCUT2D eigenvalue weighted by Gasteiger charge is -2.30. The highest BCUT2D eigenvalue weighted by Crippen LogP contribution is 2.30. The number of hydrogen-bond donors (Lipinski definition) is 1. The van der Waals surface area contributed by atoms with Gasteiger partial charge in [0, 0.05) is 18.2 Å². The second-order valence-corrected chi connectivity index (χ2v) is 6.11. The standard InChI is InChI=1S/C17H24N2O2/c1-21-16-6-2-14(3-7-16)17(20)19(15-4-5-15)12-13-8-10-18-11-9-13/h2-3,6-7,13,15,18H,4-5,8-12H2,1H3. The van der Waals surface area contributed by atoms with Gasteiger partial charge in [-0.05, 0) is 69.0 Å². The van der Waals surface area contributed by atoms with Gasteiger partial charge in [-0.15, -0.1) is 0 Å². The molecule has 0 atom stereocenters. The molecule has 4 heteroatoms. The van der Waals surface area contributed by atoms with Crippen LogP contribution in [-0.2, 0) is 0 Å². The van der Waals surface area contributed by atoms with Gasteiger partial charge in [0.2, 0.25) is 0 Å². The second-order valence-electron chi connectivity index (χ2n) is 6.11. The van der Waals surface area contributed by atoms with Crippen molar-refractivity contribution >= 4 is 5.91 Å². The number of carbonyl (C=O) groups is 1. The van der Waals surface area contributed by atoms with Crippen LogP contribution in [-0.4, -0.2) is 43.6 Å². The average Bonchev–Trinajstić information content (AvgIpc) is 3.38. The molecule has 1 N–H and O–H groups in total. The van der Waals surface area contributed by atoms with E-state index >= 15 is 0 Å². The molecule has 1 saturated carbocycles. The van der Waals surface area contributed by atoms with E-state index in [1.165, 1.54) is 12.8 Å². The molecule has 0 aromatic heterocycles. The van der Waals surface area contributed by atoms with Crippen molar-refractivity contribution in [2.45, 2.75) is 31.7 Å². The molecule has 1 aliphatic carbocycles.